The van der Waals surface area contributed by atoms with E-state index in [-0.39, 0.29) is 11.7 Å². The summed E-state index contributed by atoms with van der Waals surface area (Å²) in [4.78, 5) is 14.7. The fourth-order valence-corrected chi connectivity index (χ4v) is 4.24. The van der Waals surface area contributed by atoms with Crippen molar-refractivity contribution in [3.8, 4) is 5.69 Å². The molecule has 1 saturated heterocycles. The highest BCUT2D eigenvalue weighted by atomic mass is 35.5. The molecule has 7 nitrogen and oxygen atoms in total. The summed E-state index contributed by atoms with van der Waals surface area (Å²) in [5.74, 6) is 0.845. The minimum absolute atomic E-state index is 0.128. The van der Waals surface area contributed by atoms with Gasteiger partial charge in [-0.3, -0.25) is 9.36 Å². The number of carbonyl (C=O) groups excluding carboxylic acids is 1. The molecule has 2 heterocycles. The average molecular weight is 458 g/mol. The monoisotopic (exact) mass is 457 g/mol. The number of aryl methyl sites for hydroxylation is 2. The van der Waals surface area contributed by atoms with E-state index in [1.807, 2.05) is 35.8 Å². The number of thioether (sulfide) groups is 1. The van der Waals surface area contributed by atoms with Crippen molar-refractivity contribution in [3.05, 3.63) is 58.6 Å². The number of aromatic nitrogens is 3. The Kier molecular flexibility index (Phi) is 6.80. The molecule has 0 saturated carbocycles. The number of carbonyl (C=O) groups is 1. The lowest BCUT2D eigenvalue weighted by atomic mass is 10.2. The molecule has 3 aromatic rings. The number of ether oxygens (including phenoxy) is 1. The van der Waals surface area contributed by atoms with Crippen molar-refractivity contribution in [1.82, 2.24) is 14.8 Å². The Morgan fingerprint density at radius 2 is 1.97 bits per heavy atom. The number of hydrogen-bond donors (Lipinski definition) is 1. The molecular formula is C22H24ClN5O2S. The van der Waals surface area contributed by atoms with Gasteiger partial charge in [0.2, 0.25) is 11.9 Å². The Balaban J connectivity index is 1.54. The van der Waals surface area contributed by atoms with Gasteiger partial charge in [-0.25, -0.2) is 0 Å². The molecule has 0 bridgehead atoms. The minimum Gasteiger partial charge on any atom is -0.378 e. The molecule has 0 unspecified atom stereocenters. The van der Waals surface area contributed by atoms with Crippen LogP contribution >= 0.6 is 23.4 Å². The zero-order valence-corrected chi connectivity index (χ0v) is 19.0. The van der Waals surface area contributed by atoms with Gasteiger partial charge in [-0.2, -0.15) is 0 Å². The minimum atomic E-state index is -0.128. The first-order valence-corrected chi connectivity index (χ1v) is 11.4. The summed E-state index contributed by atoms with van der Waals surface area (Å²) in [5.41, 5.74) is 3.76. The predicted octanol–water partition coefficient (Wildman–Crippen LogP) is 4.10. The van der Waals surface area contributed by atoms with Crippen LogP contribution in [0.15, 0.2) is 47.6 Å². The summed E-state index contributed by atoms with van der Waals surface area (Å²) in [7, 11) is 0. The van der Waals surface area contributed by atoms with Crippen molar-refractivity contribution in [2.45, 2.75) is 19.0 Å². The van der Waals surface area contributed by atoms with E-state index < -0.39 is 0 Å². The van der Waals surface area contributed by atoms with Gasteiger partial charge in [0.15, 0.2) is 5.16 Å². The molecule has 1 N–H and O–H groups in total. The molecule has 2 aromatic carbocycles. The maximum Gasteiger partial charge on any atom is 0.234 e. The van der Waals surface area contributed by atoms with Gasteiger partial charge in [-0.05, 0) is 49.2 Å². The van der Waals surface area contributed by atoms with Crippen LogP contribution in [0.4, 0.5) is 11.6 Å². The normalized spacial score (nSPS) is 14.0. The SMILES string of the molecule is Cc1cccc(-n2c(SCC(=O)Nc3ccc(C)c(Cl)c3)nnc2N2CCOCC2)c1. The molecule has 0 spiro atoms. The third kappa shape index (κ3) is 5.20. The molecule has 9 heteroatoms. The Hall–Kier alpha value is -2.55. The second-order valence-corrected chi connectivity index (χ2v) is 8.71. The van der Waals surface area contributed by atoms with Crippen LogP contribution in [0.1, 0.15) is 11.1 Å². The average Bonchev–Trinajstić information content (AvgIpc) is 3.19. The van der Waals surface area contributed by atoms with E-state index in [9.17, 15) is 4.79 Å². The first-order valence-electron chi connectivity index (χ1n) is 10.1. The van der Waals surface area contributed by atoms with Crippen molar-refractivity contribution in [1.29, 1.82) is 0 Å². The van der Waals surface area contributed by atoms with Crippen molar-refractivity contribution < 1.29 is 9.53 Å². The van der Waals surface area contributed by atoms with Crippen LogP contribution in [-0.2, 0) is 9.53 Å². The maximum atomic E-state index is 12.5. The fraction of sp³-hybridized carbons (Fsp3) is 0.318. The standard InChI is InChI=1S/C22H24ClN5O2S/c1-15-4-3-5-18(12-15)28-21(27-8-10-30-11-9-27)25-26-22(28)31-14-20(29)24-17-7-6-16(2)19(23)13-17/h3-7,12-13H,8-11,14H2,1-2H3,(H,24,29). The molecule has 1 fully saturated rings. The summed E-state index contributed by atoms with van der Waals surface area (Å²) in [5, 5.41) is 13.0. The molecule has 0 radical (unpaired) electrons. The van der Waals surface area contributed by atoms with Gasteiger partial charge in [0.25, 0.3) is 0 Å². The van der Waals surface area contributed by atoms with Gasteiger partial charge >= 0.3 is 0 Å². The highest BCUT2D eigenvalue weighted by Gasteiger charge is 2.22. The molecule has 4 rings (SSSR count). The zero-order chi connectivity index (χ0) is 21.8. The number of hydrogen-bond acceptors (Lipinski definition) is 6. The van der Waals surface area contributed by atoms with Crippen molar-refractivity contribution in [2.75, 3.05) is 42.3 Å². The number of nitrogens with one attached hydrogen (secondary N) is 1. The fourth-order valence-electron chi connectivity index (χ4n) is 3.31. The van der Waals surface area contributed by atoms with Gasteiger partial charge in [0.1, 0.15) is 0 Å². The predicted molar refractivity (Wildman–Crippen MR) is 125 cm³/mol. The van der Waals surface area contributed by atoms with Crippen LogP contribution in [0.25, 0.3) is 5.69 Å². The molecule has 31 heavy (non-hydrogen) atoms. The van der Waals surface area contributed by atoms with E-state index in [0.717, 1.165) is 35.9 Å². The van der Waals surface area contributed by atoms with Crippen LogP contribution in [0.3, 0.4) is 0 Å². The van der Waals surface area contributed by atoms with Crippen molar-refractivity contribution in [3.63, 3.8) is 0 Å². The number of nitrogens with zero attached hydrogens (tertiary/aromatic N) is 4. The Morgan fingerprint density at radius 3 is 2.71 bits per heavy atom. The highest BCUT2D eigenvalue weighted by molar-refractivity contribution is 7.99. The number of halogens is 1. The number of benzene rings is 2. The number of rotatable bonds is 6. The summed E-state index contributed by atoms with van der Waals surface area (Å²) < 4.78 is 7.49. The first kappa shape index (κ1) is 21.7. The Labute approximate surface area is 190 Å². The molecule has 1 amide bonds. The lowest BCUT2D eigenvalue weighted by Crippen LogP contribution is -2.37. The van der Waals surface area contributed by atoms with Crippen LogP contribution in [0.5, 0.6) is 0 Å². The Bertz CT molecular complexity index is 1080. The van der Waals surface area contributed by atoms with Gasteiger partial charge in [-0.15, -0.1) is 10.2 Å². The maximum absolute atomic E-state index is 12.5. The molecule has 0 atom stereocenters. The van der Waals surface area contributed by atoms with Gasteiger partial charge in [-0.1, -0.05) is 41.6 Å². The highest BCUT2D eigenvalue weighted by Crippen LogP contribution is 2.28. The van der Waals surface area contributed by atoms with Crippen LogP contribution in [0, 0.1) is 13.8 Å². The van der Waals surface area contributed by atoms with Crippen LogP contribution in [0.2, 0.25) is 5.02 Å². The number of amides is 1. The van der Waals surface area contributed by atoms with Gasteiger partial charge in [0.05, 0.1) is 24.7 Å². The summed E-state index contributed by atoms with van der Waals surface area (Å²) in [6, 6.07) is 13.7. The van der Waals surface area contributed by atoms with E-state index in [1.54, 1.807) is 6.07 Å². The lowest BCUT2D eigenvalue weighted by Gasteiger charge is -2.28. The number of morpholine rings is 1. The zero-order valence-electron chi connectivity index (χ0n) is 17.5. The van der Waals surface area contributed by atoms with Crippen molar-refractivity contribution >= 4 is 40.9 Å². The largest absolute Gasteiger partial charge is 0.378 e. The van der Waals surface area contributed by atoms with E-state index >= 15 is 0 Å². The van der Waals surface area contributed by atoms with Crippen LogP contribution < -0.4 is 10.2 Å². The first-order chi connectivity index (χ1) is 15.0. The van der Waals surface area contributed by atoms with E-state index in [4.69, 9.17) is 16.3 Å². The van der Waals surface area contributed by atoms with E-state index in [2.05, 4.69) is 39.5 Å². The van der Waals surface area contributed by atoms with Gasteiger partial charge in [0, 0.05) is 23.8 Å². The quantitative estimate of drug-likeness (QED) is 0.562. The second-order valence-electron chi connectivity index (χ2n) is 7.36. The second kappa shape index (κ2) is 9.72. The molecule has 162 valence electrons. The van der Waals surface area contributed by atoms with Crippen LogP contribution in [-0.4, -0.2) is 52.7 Å². The third-order valence-corrected chi connectivity index (χ3v) is 6.29. The molecule has 1 aliphatic rings. The van der Waals surface area contributed by atoms with Gasteiger partial charge < -0.3 is 15.0 Å². The Morgan fingerprint density at radius 1 is 1.16 bits per heavy atom. The summed E-state index contributed by atoms with van der Waals surface area (Å²) in [6.07, 6.45) is 0. The molecule has 0 aliphatic carbocycles. The molecular weight excluding hydrogens is 434 g/mol. The third-order valence-electron chi connectivity index (χ3n) is 4.96. The smallest absolute Gasteiger partial charge is 0.234 e. The van der Waals surface area contributed by atoms with E-state index in [0.29, 0.717) is 29.1 Å². The summed E-state index contributed by atoms with van der Waals surface area (Å²) in [6.45, 7) is 6.80. The van der Waals surface area contributed by atoms with E-state index in [1.165, 1.54) is 11.8 Å². The topological polar surface area (TPSA) is 72.3 Å². The lowest BCUT2D eigenvalue weighted by molar-refractivity contribution is -0.113. The molecule has 1 aromatic heterocycles. The van der Waals surface area contributed by atoms with Crippen molar-refractivity contribution in [2.24, 2.45) is 0 Å². The molecule has 1 aliphatic heterocycles. The number of anilines is 2. The summed E-state index contributed by atoms with van der Waals surface area (Å²) >= 11 is 7.51.